The minimum atomic E-state index is -0.857. The maximum Gasteiger partial charge on any atom is 0.330 e. The molecule has 0 aromatic carbocycles. The Bertz CT molecular complexity index is 341. The zero-order valence-electron chi connectivity index (χ0n) is 12.7. The Balaban J connectivity index is 3.26. The van der Waals surface area contributed by atoms with Crippen LogP contribution in [0, 0.1) is 0 Å². The molecule has 0 radical (unpaired) electrons. The van der Waals surface area contributed by atoms with E-state index < -0.39 is 18.0 Å². The van der Waals surface area contributed by atoms with Gasteiger partial charge in [-0.15, -0.1) is 0 Å². The average Bonchev–Trinajstić information content (AvgIpc) is 2.53. The monoisotopic (exact) mass is 316 g/mol. The molecular formula is C15H24O7. The fraction of sp³-hybridized carbons (Fsp3) is 0.600. The van der Waals surface area contributed by atoms with E-state index in [0.717, 1.165) is 12.2 Å². The highest BCUT2D eigenvalue weighted by Crippen LogP contribution is 1.93. The van der Waals surface area contributed by atoms with Crippen LogP contribution in [0.15, 0.2) is 25.3 Å². The smallest absolute Gasteiger partial charge is 0.330 e. The van der Waals surface area contributed by atoms with Crippen LogP contribution in [0.25, 0.3) is 0 Å². The number of ether oxygens (including phenoxy) is 4. The number of aliphatic hydroxyl groups is 1. The van der Waals surface area contributed by atoms with E-state index >= 15 is 0 Å². The molecule has 0 saturated heterocycles. The summed E-state index contributed by atoms with van der Waals surface area (Å²) in [5, 5.41) is 9.44. The van der Waals surface area contributed by atoms with E-state index in [1.54, 1.807) is 0 Å². The molecule has 0 fully saturated rings. The van der Waals surface area contributed by atoms with Crippen LogP contribution in [0.1, 0.15) is 12.8 Å². The molecule has 7 heteroatoms. The molecule has 7 nitrogen and oxygen atoms in total. The Hall–Kier alpha value is -1.70. The van der Waals surface area contributed by atoms with Gasteiger partial charge < -0.3 is 24.1 Å². The molecule has 0 spiro atoms. The van der Waals surface area contributed by atoms with Gasteiger partial charge in [-0.25, -0.2) is 9.59 Å². The van der Waals surface area contributed by atoms with Crippen molar-refractivity contribution in [2.45, 2.75) is 18.9 Å². The molecule has 0 amide bonds. The van der Waals surface area contributed by atoms with Gasteiger partial charge in [0.1, 0.15) is 12.7 Å². The van der Waals surface area contributed by atoms with Crippen LogP contribution in [0.5, 0.6) is 0 Å². The highest BCUT2D eigenvalue weighted by molar-refractivity contribution is 5.81. The standard InChI is InChI=1S/C15H24O7/c1-3-14(17)21-10-6-8-19-7-5-9-20-11-13(16)12-22-15(18)4-2/h3-4,13,16H,1-2,5-12H2. The highest BCUT2D eigenvalue weighted by Gasteiger charge is 2.06. The van der Waals surface area contributed by atoms with Crippen molar-refractivity contribution >= 4 is 11.9 Å². The first-order chi connectivity index (χ1) is 10.6. The van der Waals surface area contributed by atoms with Crippen molar-refractivity contribution in [2.75, 3.05) is 39.6 Å². The SMILES string of the molecule is C=CC(=O)OCCCOCCCOCC(O)COC(=O)C=C. The van der Waals surface area contributed by atoms with Crippen LogP contribution >= 0.6 is 0 Å². The van der Waals surface area contributed by atoms with E-state index in [0.29, 0.717) is 39.3 Å². The number of carbonyl (C=O) groups excluding carboxylic acids is 2. The third-order valence-electron chi connectivity index (χ3n) is 2.32. The van der Waals surface area contributed by atoms with Gasteiger partial charge in [-0.1, -0.05) is 13.2 Å². The van der Waals surface area contributed by atoms with Crippen molar-refractivity contribution in [1.82, 2.24) is 0 Å². The maximum absolute atomic E-state index is 10.8. The van der Waals surface area contributed by atoms with Gasteiger partial charge in [0.2, 0.25) is 0 Å². The predicted molar refractivity (Wildman–Crippen MR) is 79.2 cm³/mol. The molecular weight excluding hydrogens is 292 g/mol. The van der Waals surface area contributed by atoms with E-state index in [9.17, 15) is 14.7 Å². The number of hydrogen-bond acceptors (Lipinski definition) is 7. The summed E-state index contributed by atoms with van der Waals surface area (Å²) in [7, 11) is 0. The van der Waals surface area contributed by atoms with Gasteiger partial charge in [-0.05, 0) is 6.42 Å². The van der Waals surface area contributed by atoms with Gasteiger partial charge in [-0.3, -0.25) is 0 Å². The summed E-state index contributed by atoms with van der Waals surface area (Å²) in [6.07, 6.45) is 2.58. The molecule has 0 heterocycles. The summed E-state index contributed by atoms with van der Waals surface area (Å²) in [5.74, 6) is -1.02. The van der Waals surface area contributed by atoms with Gasteiger partial charge in [0, 0.05) is 38.4 Å². The van der Waals surface area contributed by atoms with Crippen LogP contribution < -0.4 is 0 Å². The summed E-state index contributed by atoms with van der Waals surface area (Å²) >= 11 is 0. The third kappa shape index (κ3) is 13.3. The first-order valence-corrected chi connectivity index (χ1v) is 7.02. The summed E-state index contributed by atoms with van der Waals surface area (Å²) in [6.45, 7) is 8.23. The molecule has 1 N–H and O–H groups in total. The first kappa shape index (κ1) is 20.3. The molecule has 0 rings (SSSR count). The number of hydrogen-bond donors (Lipinski definition) is 1. The number of rotatable bonds is 14. The number of esters is 2. The summed E-state index contributed by atoms with van der Waals surface area (Å²) in [5.41, 5.74) is 0. The number of carbonyl (C=O) groups is 2. The zero-order valence-corrected chi connectivity index (χ0v) is 12.7. The predicted octanol–water partition coefficient (Wildman–Crippen LogP) is 0.619. The Morgan fingerprint density at radius 2 is 1.41 bits per heavy atom. The normalized spacial score (nSPS) is 11.5. The van der Waals surface area contributed by atoms with Crippen LogP contribution in [0.4, 0.5) is 0 Å². The van der Waals surface area contributed by atoms with Crippen LogP contribution in [0.2, 0.25) is 0 Å². The van der Waals surface area contributed by atoms with Crippen LogP contribution in [0.3, 0.4) is 0 Å². The molecule has 0 bridgehead atoms. The fourth-order valence-electron chi connectivity index (χ4n) is 1.26. The minimum absolute atomic E-state index is 0.0852. The Kier molecular flexibility index (Phi) is 13.1. The van der Waals surface area contributed by atoms with E-state index in [2.05, 4.69) is 17.9 Å². The average molecular weight is 316 g/mol. The van der Waals surface area contributed by atoms with Crippen molar-refractivity contribution in [3.63, 3.8) is 0 Å². The second-order valence-corrected chi connectivity index (χ2v) is 4.25. The van der Waals surface area contributed by atoms with Crippen molar-refractivity contribution in [3.8, 4) is 0 Å². The van der Waals surface area contributed by atoms with Crippen LogP contribution in [-0.4, -0.2) is 62.8 Å². The molecule has 0 aromatic rings. The largest absolute Gasteiger partial charge is 0.462 e. The van der Waals surface area contributed by atoms with Gasteiger partial charge in [0.15, 0.2) is 0 Å². The van der Waals surface area contributed by atoms with Gasteiger partial charge in [0.25, 0.3) is 0 Å². The molecule has 1 unspecified atom stereocenters. The lowest BCUT2D eigenvalue weighted by atomic mass is 10.4. The molecule has 0 saturated carbocycles. The van der Waals surface area contributed by atoms with Gasteiger partial charge >= 0.3 is 11.9 Å². The molecule has 22 heavy (non-hydrogen) atoms. The number of aliphatic hydroxyl groups excluding tert-OH is 1. The quantitative estimate of drug-likeness (QED) is 0.285. The zero-order chi connectivity index (χ0) is 16.6. The van der Waals surface area contributed by atoms with E-state index in [1.807, 2.05) is 0 Å². The summed E-state index contributed by atoms with van der Waals surface area (Å²) < 4.78 is 20.0. The molecule has 1 atom stereocenters. The van der Waals surface area contributed by atoms with Crippen LogP contribution in [-0.2, 0) is 28.5 Å². The molecule has 0 aliphatic carbocycles. The Morgan fingerprint density at radius 1 is 0.864 bits per heavy atom. The second-order valence-electron chi connectivity index (χ2n) is 4.25. The Labute approximate surface area is 130 Å². The lowest BCUT2D eigenvalue weighted by Gasteiger charge is -2.11. The van der Waals surface area contributed by atoms with Crippen molar-refractivity contribution in [2.24, 2.45) is 0 Å². The van der Waals surface area contributed by atoms with Crippen molar-refractivity contribution < 1.29 is 33.6 Å². The van der Waals surface area contributed by atoms with Gasteiger partial charge in [-0.2, -0.15) is 0 Å². The Morgan fingerprint density at radius 3 is 2.05 bits per heavy atom. The highest BCUT2D eigenvalue weighted by atomic mass is 16.5. The van der Waals surface area contributed by atoms with Gasteiger partial charge in [0.05, 0.1) is 13.2 Å². The molecule has 0 aromatic heterocycles. The van der Waals surface area contributed by atoms with E-state index in [1.165, 1.54) is 0 Å². The van der Waals surface area contributed by atoms with Crippen molar-refractivity contribution in [3.05, 3.63) is 25.3 Å². The topological polar surface area (TPSA) is 91.3 Å². The summed E-state index contributed by atoms with van der Waals surface area (Å²) in [6, 6.07) is 0. The molecule has 0 aliphatic heterocycles. The fourth-order valence-corrected chi connectivity index (χ4v) is 1.26. The van der Waals surface area contributed by atoms with E-state index in [4.69, 9.17) is 14.2 Å². The maximum atomic E-state index is 10.8. The van der Waals surface area contributed by atoms with E-state index in [-0.39, 0.29) is 13.2 Å². The third-order valence-corrected chi connectivity index (χ3v) is 2.32. The van der Waals surface area contributed by atoms with Crippen molar-refractivity contribution in [1.29, 1.82) is 0 Å². The lowest BCUT2D eigenvalue weighted by molar-refractivity contribution is -0.142. The minimum Gasteiger partial charge on any atom is -0.462 e. The first-order valence-electron chi connectivity index (χ1n) is 7.02. The molecule has 0 aliphatic rings. The molecule has 126 valence electrons. The summed E-state index contributed by atoms with van der Waals surface area (Å²) in [4.78, 5) is 21.5. The second kappa shape index (κ2) is 14.2. The lowest BCUT2D eigenvalue weighted by Crippen LogP contribution is -2.23.